The van der Waals surface area contributed by atoms with Crippen molar-refractivity contribution >= 4 is 17.4 Å². The Hall–Kier alpha value is -2.81. The van der Waals surface area contributed by atoms with Crippen LogP contribution in [0.5, 0.6) is 0 Å². The lowest BCUT2D eigenvalue weighted by Crippen LogP contribution is -2.39. The highest BCUT2D eigenvalue weighted by Crippen LogP contribution is 2.38. The Balaban J connectivity index is 1.60. The fourth-order valence-electron chi connectivity index (χ4n) is 4.02. The second-order valence-corrected chi connectivity index (χ2v) is 7.69. The molecule has 1 fully saturated rings. The maximum absolute atomic E-state index is 13.9. The molecule has 0 spiro atoms. The molecule has 2 aliphatic heterocycles. The SMILES string of the molecule is Cn1c(CC(=O)N2CCc3c2cccc3C(C)(F)F)nc(N2CCOCC2)cc1=O. The van der Waals surface area contributed by atoms with Crippen molar-refractivity contribution in [1.82, 2.24) is 9.55 Å². The number of carbonyl (C=O) groups excluding carboxylic acids is 1. The number of rotatable bonds is 4. The summed E-state index contributed by atoms with van der Waals surface area (Å²) in [4.78, 5) is 33.5. The molecule has 1 aromatic heterocycles. The van der Waals surface area contributed by atoms with E-state index in [-0.39, 0.29) is 23.5 Å². The van der Waals surface area contributed by atoms with E-state index >= 15 is 0 Å². The molecule has 3 heterocycles. The summed E-state index contributed by atoms with van der Waals surface area (Å²) >= 11 is 0. The highest BCUT2D eigenvalue weighted by molar-refractivity contribution is 5.96. The molecule has 0 atom stereocenters. The molecule has 2 aliphatic rings. The van der Waals surface area contributed by atoms with E-state index in [1.807, 2.05) is 4.90 Å². The van der Waals surface area contributed by atoms with Crippen molar-refractivity contribution in [3.05, 3.63) is 51.6 Å². The first kappa shape index (κ1) is 20.5. The van der Waals surface area contributed by atoms with E-state index in [1.54, 1.807) is 19.2 Å². The van der Waals surface area contributed by atoms with Crippen molar-refractivity contribution in [2.24, 2.45) is 7.05 Å². The minimum atomic E-state index is -2.97. The van der Waals surface area contributed by atoms with Crippen LogP contribution in [0.2, 0.25) is 0 Å². The number of benzene rings is 1. The first-order valence-corrected chi connectivity index (χ1v) is 9.96. The Morgan fingerprint density at radius 1 is 1.23 bits per heavy atom. The van der Waals surface area contributed by atoms with Gasteiger partial charge in [0.15, 0.2) is 0 Å². The normalized spacial score (nSPS) is 16.7. The third kappa shape index (κ3) is 3.81. The van der Waals surface area contributed by atoms with Gasteiger partial charge < -0.3 is 14.5 Å². The second kappa shape index (κ2) is 7.79. The number of carbonyl (C=O) groups is 1. The summed E-state index contributed by atoms with van der Waals surface area (Å²) in [5.41, 5.74) is 0.717. The van der Waals surface area contributed by atoms with Gasteiger partial charge in [-0.15, -0.1) is 0 Å². The maximum atomic E-state index is 13.9. The summed E-state index contributed by atoms with van der Waals surface area (Å²) in [6, 6.07) is 6.10. The zero-order valence-electron chi connectivity index (χ0n) is 17.0. The smallest absolute Gasteiger partial charge is 0.270 e. The summed E-state index contributed by atoms with van der Waals surface area (Å²) in [6.07, 6.45) is 0.289. The van der Waals surface area contributed by atoms with Crippen LogP contribution in [0.25, 0.3) is 0 Å². The van der Waals surface area contributed by atoms with Crippen molar-refractivity contribution in [2.45, 2.75) is 25.7 Å². The van der Waals surface area contributed by atoms with Crippen molar-refractivity contribution in [3.63, 3.8) is 0 Å². The summed E-state index contributed by atoms with van der Waals surface area (Å²) in [5.74, 6) is -2.37. The average Bonchev–Trinajstić information content (AvgIpc) is 3.15. The van der Waals surface area contributed by atoms with E-state index < -0.39 is 5.92 Å². The zero-order chi connectivity index (χ0) is 21.5. The van der Waals surface area contributed by atoms with Gasteiger partial charge in [0, 0.05) is 50.9 Å². The number of hydrogen-bond acceptors (Lipinski definition) is 5. The van der Waals surface area contributed by atoms with Gasteiger partial charge in [0.2, 0.25) is 5.91 Å². The molecule has 1 amide bonds. The number of halogens is 2. The summed E-state index contributed by atoms with van der Waals surface area (Å²) in [6.45, 7) is 3.56. The third-order valence-electron chi connectivity index (χ3n) is 5.66. The summed E-state index contributed by atoms with van der Waals surface area (Å²) in [7, 11) is 1.58. The van der Waals surface area contributed by atoms with Crippen molar-refractivity contribution in [1.29, 1.82) is 0 Å². The van der Waals surface area contributed by atoms with E-state index in [2.05, 4.69) is 4.98 Å². The van der Waals surface area contributed by atoms with Crippen LogP contribution in [-0.4, -0.2) is 48.3 Å². The topological polar surface area (TPSA) is 67.7 Å². The number of fused-ring (bicyclic) bond motifs is 1. The van der Waals surface area contributed by atoms with E-state index in [1.165, 1.54) is 21.6 Å². The quantitative estimate of drug-likeness (QED) is 0.758. The molecule has 0 saturated carbocycles. The lowest BCUT2D eigenvalue weighted by Gasteiger charge is -2.28. The molecule has 0 aliphatic carbocycles. The van der Waals surface area contributed by atoms with E-state index in [4.69, 9.17) is 4.74 Å². The summed E-state index contributed by atoms with van der Waals surface area (Å²) < 4.78 is 34.6. The van der Waals surface area contributed by atoms with Crippen LogP contribution in [0.3, 0.4) is 0 Å². The van der Waals surface area contributed by atoms with Crippen molar-refractivity contribution in [2.75, 3.05) is 42.6 Å². The predicted molar refractivity (Wildman–Crippen MR) is 108 cm³/mol. The number of hydrogen-bond donors (Lipinski definition) is 0. The van der Waals surface area contributed by atoms with Crippen LogP contribution < -0.4 is 15.4 Å². The fourth-order valence-corrected chi connectivity index (χ4v) is 4.02. The molecule has 0 unspecified atom stereocenters. The Morgan fingerprint density at radius 2 is 1.97 bits per heavy atom. The van der Waals surface area contributed by atoms with E-state index in [0.29, 0.717) is 62.2 Å². The lowest BCUT2D eigenvalue weighted by molar-refractivity contribution is -0.118. The Morgan fingerprint density at radius 3 is 2.67 bits per heavy atom. The first-order chi connectivity index (χ1) is 14.3. The molecule has 160 valence electrons. The fraction of sp³-hybridized carbons (Fsp3) is 0.476. The Bertz CT molecular complexity index is 1030. The number of nitrogens with zero attached hydrogens (tertiary/aromatic N) is 4. The zero-order valence-corrected chi connectivity index (χ0v) is 17.0. The minimum absolute atomic E-state index is 0.0462. The van der Waals surface area contributed by atoms with Crippen LogP contribution >= 0.6 is 0 Å². The van der Waals surface area contributed by atoms with Gasteiger partial charge in [0.25, 0.3) is 11.5 Å². The largest absolute Gasteiger partial charge is 0.378 e. The van der Waals surface area contributed by atoms with E-state index in [0.717, 1.165) is 6.92 Å². The molecule has 30 heavy (non-hydrogen) atoms. The number of aromatic nitrogens is 2. The molecule has 1 aromatic carbocycles. The highest BCUT2D eigenvalue weighted by Gasteiger charge is 2.34. The molecule has 9 heteroatoms. The van der Waals surface area contributed by atoms with Crippen molar-refractivity contribution < 1.29 is 18.3 Å². The van der Waals surface area contributed by atoms with Crippen LogP contribution in [-0.2, 0) is 35.3 Å². The van der Waals surface area contributed by atoms with E-state index in [9.17, 15) is 18.4 Å². The molecular weight excluding hydrogens is 394 g/mol. The standard InChI is InChI=1S/C21H24F2N4O3/c1-21(22,23)15-4-3-5-16-14(15)6-7-27(16)20(29)12-17-24-18(13-19(28)25(17)2)26-8-10-30-11-9-26/h3-5,13H,6-12H2,1-2H3. The van der Waals surface area contributed by atoms with Gasteiger partial charge in [0.05, 0.1) is 19.6 Å². The number of anilines is 2. The molecule has 1 saturated heterocycles. The Labute approximate surface area is 172 Å². The highest BCUT2D eigenvalue weighted by atomic mass is 19.3. The third-order valence-corrected chi connectivity index (χ3v) is 5.66. The molecule has 0 bridgehead atoms. The van der Waals surface area contributed by atoms with Crippen LogP contribution in [0, 0.1) is 0 Å². The van der Waals surface area contributed by atoms with Gasteiger partial charge in [-0.2, -0.15) is 0 Å². The van der Waals surface area contributed by atoms with Gasteiger partial charge >= 0.3 is 0 Å². The lowest BCUT2D eigenvalue weighted by atomic mass is 10.0. The van der Waals surface area contributed by atoms with Gasteiger partial charge in [-0.1, -0.05) is 12.1 Å². The van der Waals surface area contributed by atoms with Crippen molar-refractivity contribution in [3.8, 4) is 0 Å². The molecule has 2 aromatic rings. The molecule has 0 N–H and O–H groups in total. The minimum Gasteiger partial charge on any atom is -0.378 e. The molecule has 0 radical (unpaired) electrons. The number of ether oxygens (including phenoxy) is 1. The molecular formula is C21H24F2N4O3. The maximum Gasteiger partial charge on any atom is 0.270 e. The summed E-state index contributed by atoms with van der Waals surface area (Å²) in [5, 5.41) is 0. The average molecular weight is 418 g/mol. The monoisotopic (exact) mass is 418 g/mol. The molecule has 4 rings (SSSR count). The molecule has 7 nitrogen and oxygen atoms in total. The number of morpholine rings is 1. The first-order valence-electron chi connectivity index (χ1n) is 9.96. The second-order valence-electron chi connectivity index (χ2n) is 7.69. The van der Waals surface area contributed by atoms with Gasteiger partial charge in [-0.05, 0) is 18.1 Å². The number of amides is 1. The van der Waals surface area contributed by atoms with Crippen LogP contribution in [0.4, 0.5) is 20.3 Å². The van der Waals surface area contributed by atoms with Crippen LogP contribution in [0.1, 0.15) is 23.9 Å². The van der Waals surface area contributed by atoms with Crippen LogP contribution in [0.15, 0.2) is 29.1 Å². The Kier molecular flexibility index (Phi) is 5.31. The van der Waals surface area contributed by atoms with Gasteiger partial charge in [0.1, 0.15) is 11.6 Å². The van der Waals surface area contributed by atoms with Gasteiger partial charge in [-0.25, -0.2) is 13.8 Å². The number of alkyl halides is 2. The van der Waals surface area contributed by atoms with Gasteiger partial charge in [-0.3, -0.25) is 14.2 Å². The predicted octanol–water partition coefficient (Wildman–Crippen LogP) is 1.86.